The van der Waals surface area contributed by atoms with Gasteiger partial charge in [-0.25, -0.2) is 0 Å². The smallest absolute Gasteiger partial charge is 0.00106 e. The second-order valence-corrected chi connectivity index (χ2v) is 6.76. The Labute approximate surface area is 90.7 Å². The van der Waals surface area contributed by atoms with Crippen LogP contribution in [-0.4, -0.2) is 12.6 Å². The molecule has 0 heterocycles. The molecule has 1 N–H and O–H groups in total. The molecule has 0 fully saturated rings. The maximum Gasteiger partial charge on any atom is 0.00106 e. The summed E-state index contributed by atoms with van der Waals surface area (Å²) < 4.78 is 0. The van der Waals surface area contributed by atoms with Crippen LogP contribution in [0.5, 0.6) is 0 Å². The van der Waals surface area contributed by atoms with Crippen LogP contribution in [0.15, 0.2) is 0 Å². The van der Waals surface area contributed by atoms with Crippen molar-refractivity contribution in [1.82, 2.24) is 5.32 Å². The summed E-state index contributed by atoms with van der Waals surface area (Å²) in [5.74, 6) is 0. The monoisotopic (exact) mass is 199 g/mol. The van der Waals surface area contributed by atoms with Gasteiger partial charge in [0.2, 0.25) is 0 Å². The molecule has 0 bridgehead atoms. The van der Waals surface area contributed by atoms with Gasteiger partial charge < -0.3 is 5.32 Å². The molecule has 1 heteroatoms. The maximum absolute atomic E-state index is 3.52. The summed E-state index contributed by atoms with van der Waals surface area (Å²) in [5.41, 5.74) is 0.895. The molecule has 1 nitrogen and oxygen atoms in total. The summed E-state index contributed by atoms with van der Waals surface area (Å²) in [5, 5.41) is 3.52. The van der Waals surface area contributed by atoms with Crippen molar-refractivity contribution < 1.29 is 0 Å². The van der Waals surface area contributed by atoms with Gasteiger partial charge in [-0.15, -0.1) is 0 Å². The van der Waals surface area contributed by atoms with E-state index in [1.807, 2.05) is 0 Å². The lowest BCUT2D eigenvalue weighted by molar-refractivity contribution is 0.242. The molecular formula is C13H29N. The highest BCUT2D eigenvalue weighted by molar-refractivity contribution is 4.75. The van der Waals surface area contributed by atoms with Crippen LogP contribution < -0.4 is 5.32 Å². The van der Waals surface area contributed by atoms with E-state index in [9.17, 15) is 0 Å². The largest absolute Gasteiger partial charge is 0.314 e. The Kier molecular flexibility index (Phi) is 5.14. The summed E-state index contributed by atoms with van der Waals surface area (Å²) in [7, 11) is 0. The third-order valence-electron chi connectivity index (χ3n) is 2.54. The topological polar surface area (TPSA) is 12.0 Å². The zero-order valence-electron chi connectivity index (χ0n) is 11.2. The van der Waals surface area contributed by atoms with Crippen LogP contribution in [0.2, 0.25) is 0 Å². The Hall–Kier alpha value is -0.0400. The van der Waals surface area contributed by atoms with E-state index in [0.717, 1.165) is 6.54 Å². The molecular weight excluding hydrogens is 170 g/mol. The summed E-state index contributed by atoms with van der Waals surface area (Å²) in [6, 6.07) is 0.601. The first kappa shape index (κ1) is 14.0. The highest BCUT2D eigenvalue weighted by atomic mass is 14.9. The molecule has 0 aliphatic carbocycles. The molecule has 0 saturated heterocycles. The fourth-order valence-electron chi connectivity index (χ4n) is 1.28. The van der Waals surface area contributed by atoms with Gasteiger partial charge in [-0.05, 0) is 23.7 Å². The first-order chi connectivity index (χ1) is 6.12. The molecule has 0 aromatic heterocycles. The molecule has 0 amide bonds. The van der Waals surface area contributed by atoms with Gasteiger partial charge in [0.25, 0.3) is 0 Å². The Morgan fingerprint density at radius 2 is 1.43 bits per heavy atom. The molecule has 0 aliphatic heterocycles. The lowest BCUT2D eigenvalue weighted by Crippen LogP contribution is -2.34. The molecule has 0 rings (SSSR count). The van der Waals surface area contributed by atoms with Gasteiger partial charge in [0.05, 0.1) is 0 Å². The quantitative estimate of drug-likeness (QED) is 0.709. The molecule has 0 aromatic rings. The molecule has 0 aliphatic rings. The van der Waals surface area contributed by atoms with Crippen molar-refractivity contribution in [2.24, 2.45) is 10.8 Å². The van der Waals surface area contributed by atoms with E-state index in [0.29, 0.717) is 16.9 Å². The van der Waals surface area contributed by atoms with E-state index in [2.05, 4.69) is 53.8 Å². The van der Waals surface area contributed by atoms with Crippen LogP contribution >= 0.6 is 0 Å². The second-order valence-electron chi connectivity index (χ2n) is 6.76. The minimum atomic E-state index is 0.428. The first-order valence-corrected chi connectivity index (χ1v) is 5.86. The molecule has 0 atom stereocenters. The Balaban J connectivity index is 3.83. The van der Waals surface area contributed by atoms with Crippen molar-refractivity contribution in [2.45, 2.75) is 67.3 Å². The van der Waals surface area contributed by atoms with E-state index in [-0.39, 0.29) is 0 Å². The van der Waals surface area contributed by atoms with E-state index in [1.54, 1.807) is 0 Å². The Bertz CT molecular complexity index is 151. The van der Waals surface area contributed by atoms with Crippen LogP contribution in [-0.2, 0) is 0 Å². The minimum Gasteiger partial charge on any atom is -0.314 e. The lowest BCUT2D eigenvalue weighted by Gasteiger charge is -2.30. The first-order valence-electron chi connectivity index (χ1n) is 5.86. The predicted molar refractivity (Wildman–Crippen MR) is 65.6 cm³/mol. The number of hydrogen-bond donors (Lipinski definition) is 1. The average Bonchev–Trinajstić information content (AvgIpc) is 1.97. The predicted octanol–water partition coefficient (Wildman–Crippen LogP) is 3.84. The SMILES string of the molecule is CC(C)NCC(C)(C)CCC(C)(C)C. The summed E-state index contributed by atoms with van der Waals surface area (Å²) in [4.78, 5) is 0. The van der Waals surface area contributed by atoms with Crippen LogP contribution in [0, 0.1) is 10.8 Å². The van der Waals surface area contributed by atoms with Gasteiger partial charge in [-0.3, -0.25) is 0 Å². The zero-order valence-corrected chi connectivity index (χ0v) is 11.2. The van der Waals surface area contributed by atoms with Crippen molar-refractivity contribution in [3.05, 3.63) is 0 Å². The Morgan fingerprint density at radius 3 is 1.79 bits per heavy atom. The van der Waals surface area contributed by atoms with Crippen LogP contribution in [0.1, 0.15) is 61.3 Å². The van der Waals surface area contributed by atoms with Crippen LogP contribution in [0.3, 0.4) is 0 Å². The minimum absolute atomic E-state index is 0.428. The molecule has 0 aromatic carbocycles. The highest BCUT2D eigenvalue weighted by Gasteiger charge is 2.21. The summed E-state index contributed by atoms with van der Waals surface area (Å²) in [6.45, 7) is 17.2. The van der Waals surface area contributed by atoms with E-state index < -0.39 is 0 Å². The van der Waals surface area contributed by atoms with E-state index in [1.165, 1.54) is 12.8 Å². The third kappa shape index (κ3) is 8.55. The van der Waals surface area contributed by atoms with Gasteiger partial charge in [0.1, 0.15) is 0 Å². The van der Waals surface area contributed by atoms with Gasteiger partial charge >= 0.3 is 0 Å². The van der Waals surface area contributed by atoms with E-state index >= 15 is 0 Å². The van der Waals surface area contributed by atoms with Crippen molar-refractivity contribution in [3.63, 3.8) is 0 Å². The highest BCUT2D eigenvalue weighted by Crippen LogP contribution is 2.29. The van der Waals surface area contributed by atoms with Gasteiger partial charge in [-0.1, -0.05) is 48.5 Å². The second kappa shape index (κ2) is 5.16. The zero-order chi connectivity index (χ0) is 11.4. The average molecular weight is 199 g/mol. The van der Waals surface area contributed by atoms with Gasteiger partial charge in [0, 0.05) is 12.6 Å². The normalized spacial score (nSPS) is 13.7. The van der Waals surface area contributed by atoms with Crippen molar-refractivity contribution in [1.29, 1.82) is 0 Å². The number of nitrogens with one attached hydrogen (secondary N) is 1. The molecule has 0 unspecified atom stereocenters. The molecule has 0 radical (unpaired) electrons. The summed E-state index contributed by atoms with van der Waals surface area (Å²) >= 11 is 0. The maximum atomic E-state index is 3.52. The molecule has 0 spiro atoms. The molecule has 86 valence electrons. The molecule has 14 heavy (non-hydrogen) atoms. The number of rotatable bonds is 5. The van der Waals surface area contributed by atoms with Gasteiger partial charge in [-0.2, -0.15) is 0 Å². The third-order valence-corrected chi connectivity index (χ3v) is 2.54. The molecule has 0 saturated carbocycles. The lowest BCUT2D eigenvalue weighted by atomic mass is 9.80. The summed E-state index contributed by atoms with van der Waals surface area (Å²) in [6.07, 6.45) is 2.61. The van der Waals surface area contributed by atoms with Crippen molar-refractivity contribution >= 4 is 0 Å². The van der Waals surface area contributed by atoms with Gasteiger partial charge in [0.15, 0.2) is 0 Å². The standard InChI is InChI=1S/C13H29N/c1-11(2)14-10-13(6,7)9-8-12(3,4)5/h11,14H,8-10H2,1-7H3. The fourth-order valence-corrected chi connectivity index (χ4v) is 1.28. The van der Waals surface area contributed by atoms with Crippen LogP contribution in [0.25, 0.3) is 0 Å². The fraction of sp³-hybridized carbons (Fsp3) is 1.00. The Morgan fingerprint density at radius 1 is 0.929 bits per heavy atom. The van der Waals surface area contributed by atoms with Crippen molar-refractivity contribution in [2.75, 3.05) is 6.54 Å². The van der Waals surface area contributed by atoms with Crippen LogP contribution in [0.4, 0.5) is 0 Å². The van der Waals surface area contributed by atoms with Crippen molar-refractivity contribution in [3.8, 4) is 0 Å². The van der Waals surface area contributed by atoms with E-state index in [4.69, 9.17) is 0 Å². The number of hydrogen-bond acceptors (Lipinski definition) is 1.